The van der Waals surface area contributed by atoms with Crippen molar-refractivity contribution in [3.63, 3.8) is 0 Å². The maximum atomic E-state index is 13.7. The highest BCUT2D eigenvalue weighted by Crippen LogP contribution is 2.40. The molecule has 0 amide bonds. The van der Waals surface area contributed by atoms with E-state index in [-0.39, 0.29) is 9.79 Å². The molecule has 3 aromatic carbocycles. The van der Waals surface area contributed by atoms with E-state index in [1.807, 2.05) is 54.2 Å². The van der Waals surface area contributed by atoms with Crippen LogP contribution in [-0.4, -0.2) is 79.0 Å². The first kappa shape index (κ1) is 42.2. The molecule has 0 radical (unpaired) electrons. The van der Waals surface area contributed by atoms with Gasteiger partial charge in [-0.25, -0.2) is 39.2 Å². The second-order valence-electron chi connectivity index (χ2n) is 15.6. The molecule has 8 heterocycles. The number of sulfonamides is 2. The second-order valence-corrected chi connectivity index (χ2v) is 22.8. The van der Waals surface area contributed by atoms with Crippen molar-refractivity contribution in [1.82, 2.24) is 27.5 Å². The van der Waals surface area contributed by atoms with Gasteiger partial charge in [0.2, 0.25) is 20.0 Å². The number of aromatic amines is 1. The summed E-state index contributed by atoms with van der Waals surface area (Å²) in [5.41, 5.74) is 9.55. The highest BCUT2D eigenvalue weighted by atomic mass is 32.2. The third-order valence-electron chi connectivity index (χ3n) is 11.7. The first-order valence-corrected chi connectivity index (χ1v) is 26.7. The summed E-state index contributed by atoms with van der Waals surface area (Å²) in [7, 11) is -10.8. The molecule has 2 aliphatic rings. The van der Waals surface area contributed by atoms with Crippen LogP contribution < -0.4 is 0 Å². The van der Waals surface area contributed by atoms with Crippen LogP contribution in [0.15, 0.2) is 158 Å². The highest BCUT2D eigenvalue weighted by molar-refractivity contribution is 7.90. The van der Waals surface area contributed by atoms with Crippen LogP contribution in [0.3, 0.4) is 0 Å². The predicted octanol–water partition coefficient (Wildman–Crippen LogP) is 9.72. The zero-order valence-corrected chi connectivity index (χ0v) is 38.4. The SMILES string of the molecule is Cc1ccc(S(=O)(=O)n2cc(-c3ccc(S(=O)(=O)N4CCC4)cc3)c3c(-c4ccsc4)ccnc32)cc1.O=S(=O)(c1ccc(-c2c[nH]c3nccc(-c4ccsc4)c23)cc1)N1CCC1. The number of fused-ring (bicyclic) bond motifs is 2. The number of rotatable bonds is 10. The van der Waals surface area contributed by atoms with Crippen molar-refractivity contribution in [3.05, 3.63) is 149 Å². The molecule has 2 fully saturated rings. The molecule has 0 bridgehead atoms. The predicted molar refractivity (Wildman–Crippen MR) is 254 cm³/mol. The Bertz CT molecular complexity index is 3490. The number of nitrogens with one attached hydrogen (secondary N) is 1. The molecule has 6 aromatic heterocycles. The Morgan fingerprint density at radius 3 is 1.50 bits per heavy atom. The third-order valence-corrected chi connectivity index (χ3v) is 18.6. The van der Waals surface area contributed by atoms with Gasteiger partial charge in [0.15, 0.2) is 5.65 Å². The number of thiophene rings is 2. The van der Waals surface area contributed by atoms with Crippen LogP contribution in [0, 0.1) is 6.92 Å². The lowest BCUT2D eigenvalue weighted by Gasteiger charge is -2.29. The van der Waals surface area contributed by atoms with Crippen LogP contribution in [-0.2, 0) is 30.1 Å². The number of pyridine rings is 2. The molecule has 0 spiro atoms. The average molecular weight is 945 g/mol. The number of benzene rings is 3. The van der Waals surface area contributed by atoms with Gasteiger partial charge in [0, 0.05) is 72.9 Å². The van der Waals surface area contributed by atoms with Gasteiger partial charge in [0.05, 0.1) is 14.7 Å². The number of nitrogens with zero attached hydrogens (tertiary/aromatic N) is 5. The quantitative estimate of drug-likeness (QED) is 0.142. The van der Waals surface area contributed by atoms with Gasteiger partial charge in [-0.05, 0) is 135 Å². The maximum Gasteiger partial charge on any atom is 0.269 e. The third kappa shape index (κ3) is 7.49. The summed E-state index contributed by atoms with van der Waals surface area (Å²) in [6.07, 6.45) is 8.74. The van der Waals surface area contributed by atoms with Crippen molar-refractivity contribution in [2.75, 3.05) is 26.2 Å². The minimum Gasteiger partial charge on any atom is -0.345 e. The number of hydrogen-bond acceptors (Lipinski definition) is 10. The van der Waals surface area contributed by atoms with E-state index in [0.717, 1.165) is 62.8 Å². The minimum atomic E-state index is -3.94. The number of aryl methyl sites for hydroxylation is 1. The molecule has 2 aliphatic heterocycles. The molecule has 324 valence electrons. The van der Waals surface area contributed by atoms with E-state index >= 15 is 0 Å². The van der Waals surface area contributed by atoms with Gasteiger partial charge in [-0.1, -0.05) is 42.0 Å². The van der Waals surface area contributed by atoms with E-state index in [4.69, 9.17) is 0 Å². The molecular formula is C47H40N6O6S5. The van der Waals surface area contributed by atoms with Gasteiger partial charge < -0.3 is 4.98 Å². The molecule has 17 heteroatoms. The van der Waals surface area contributed by atoms with Crippen LogP contribution in [0.2, 0.25) is 0 Å². The molecular weight excluding hydrogens is 905 g/mol. The lowest BCUT2D eigenvalue weighted by atomic mass is 10.00. The Hall–Kier alpha value is -5.79. The fraction of sp³-hybridized carbons (Fsp3) is 0.149. The Morgan fingerprint density at radius 2 is 1.00 bits per heavy atom. The molecule has 2 saturated heterocycles. The van der Waals surface area contributed by atoms with Crippen LogP contribution in [0.4, 0.5) is 0 Å². The van der Waals surface area contributed by atoms with E-state index in [9.17, 15) is 25.3 Å². The Balaban J connectivity index is 0.000000159. The topological polar surface area (TPSA) is 155 Å². The monoisotopic (exact) mass is 944 g/mol. The van der Waals surface area contributed by atoms with Gasteiger partial charge in [0.25, 0.3) is 10.0 Å². The van der Waals surface area contributed by atoms with E-state index < -0.39 is 30.1 Å². The largest absolute Gasteiger partial charge is 0.345 e. The Morgan fingerprint density at radius 1 is 0.516 bits per heavy atom. The van der Waals surface area contributed by atoms with Crippen LogP contribution in [0.5, 0.6) is 0 Å². The molecule has 12 nitrogen and oxygen atoms in total. The van der Waals surface area contributed by atoms with Crippen molar-refractivity contribution in [2.45, 2.75) is 34.5 Å². The summed E-state index contributed by atoms with van der Waals surface area (Å²) in [6.45, 7) is 4.19. The van der Waals surface area contributed by atoms with E-state index in [1.165, 1.54) is 12.6 Å². The zero-order chi connectivity index (χ0) is 44.2. The van der Waals surface area contributed by atoms with E-state index in [1.54, 1.807) is 102 Å². The van der Waals surface area contributed by atoms with Crippen molar-refractivity contribution in [1.29, 1.82) is 0 Å². The molecule has 9 aromatic rings. The standard InChI is InChI=1S/C27H23N3O4S3.C20H17N3O2S2/c1-19-3-7-23(8-4-19)37(33,34)30-17-25(26-24(11-13-28-27(26)30)21-12-16-35-18-21)20-5-9-22(10-6-20)36(31,32)29-14-2-15-29;24-27(25,23-9-1-10-23)16-4-2-14(3-5-16)18-12-22-20-19(18)17(6-8-21-20)15-7-11-26-13-15/h3-13,16-18H,2,14-15H2,1H3;2-8,11-13H,1,9-10H2,(H,21,22). The maximum absolute atomic E-state index is 13.7. The molecule has 0 aliphatic carbocycles. The average Bonchev–Trinajstić information content (AvgIpc) is 4.10. The van der Waals surface area contributed by atoms with Gasteiger partial charge in [-0.15, -0.1) is 0 Å². The fourth-order valence-corrected chi connectivity index (χ4v) is 13.6. The fourth-order valence-electron chi connectivity index (χ4n) is 7.92. The molecule has 0 atom stereocenters. The summed E-state index contributed by atoms with van der Waals surface area (Å²) < 4.78 is 82.4. The first-order valence-electron chi connectivity index (χ1n) is 20.5. The van der Waals surface area contributed by atoms with Crippen LogP contribution in [0.25, 0.3) is 66.6 Å². The van der Waals surface area contributed by atoms with Gasteiger partial charge in [0.1, 0.15) is 5.65 Å². The second kappa shape index (κ2) is 16.6. The lowest BCUT2D eigenvalue weighted by Crippen LogP contribution is -2.41. The summed E-state index contributed by atoms with van der Waals surface area (Å²) in [5, 5.41) is 9.89. The summed E-state index contributed by atoms with van der Waals surface area (Å²) in [5.74, 6) is 0. The van der Waals surface area contributed by atoms with Crippen molar-refractivity contribution in [2.24, 2.45) is 0 Å². The summed E-state index contributed by atoms with van der Waals surface area (Å²) in [6, 6.07) is 28.5. The first-order chi connectivity index (χ1) is 30.9. The Kier molecular flexibility index (Phi) is 11.0. The van der Waals surface area contributed by atoms with Gasteiger partial charge in [-0.2, -0.15) is 31.3 Å². The summed E-state index contributed by atoms with van der Waals surface area (Å²) in [4.78, 5) is 12.9. The normalized spacial score (nSPS) is 14.8. The molecule has 0 saturated carbocycles. The number of H-pyrrole nitrogens is 1. The van der Waals surface area contributed by atoms with Gasteiger partial charge in [-0.3, -0.25) is 0 Å². The van der Waals surface area contributed by atoms with E-state index in [0.29, 0.717) is 53.2 Å². The molecule has 0 unspecified atom stereocenters. The molecule has 64 heavy (non-hydrogen) atoms. The molecule has 1 N–H and O–H groups in total. The van der Waals surface area contributed by atoms with E-state index in [2.05, 4.69) is 31.8 Å². The lowest BCUT2D eigenvalue weighted by molar-refractivity contribution is 0.309. The minimum absolute atomic E-state index is 0.167. The smallest absolute Gasteiger partial charge is 0.269 e. The van der Waals surface area contributed by atoms with Crippen molar-refractivity contribution < 1.29 is 25.3 Å². The van der Waals surface area contributed by atoms with Crippen LogP contribution in [0.1, 0.15) is 18.4 Å². The Labute approximate surface area is 379 Å². The van der Waals surface area contributed by atoms with Crippen molar-refractivity contribution >= 4 is 74.8 Å². The van der Waals surface area contributed by atoms with Crippen LogP contribution >= 0.6 is 22.7 Å². The number of hydrogen-bond donors (Lipinski definition) is 1. The summed E-state index contributed by atoms with van der Waals surface area (Å²) >= 11 is 3.21. The van der Waals surface area contributed by atoms with Crippen molar-refractivity contribution in [3.8, 4) is 44.5 Å². The zero-order valence-electron chi connectivity index (χ0n) is 34.3. The highest BCUT2D eigenvalue weighted by Gasteiger charge is 2.31. The number of aromatic nitrogens is 4. The van der Waals surface area contributed by atoms with Gasteiger partial charge >= 0.3 is 0 Å². The molecule has 11 rings (SSSR count).